The predicted octanol–water partition coefficient (Wildman–Crippen LogP) is 6.61. The smallest absolute Gasteiger partial charge is 0.416 e. The molecule has 0 bridgehead atoms. The first-order valence-corrected chi connectivity index (χ1v) is 10.9. The third kappa shape index (κ3) is 5.78. The SMILES string of the molecule is CCOc1ccc(/C(=C/C=C/C(=O)Nc2cccc3[nH]ncc23)c2ccc(C(F)(F)F)cc2)cc1. The van der Waals surface area contributed by atoms with E-state index in [0.717, 1.165) is 28.6 Å². The molecule has 178 valence electrons. The number of halogens is 3. The molecular weight excluding hydrogens is 455 g/mol. The van der Waals surface area contributed by atoms with Gasteiger partial charge in [-0.3, -0.25) is 9.89 Å². The zero-order valence-corrected chi connectivity index (χ0v) is 18.8. The molecule has 8 heteroatoms. The minimum Gasteiger partial charge on any atom is -0.494 e. The average Bonchev–Trinajstić information content (AvgIpc) is 3.32. The monoisotopic (exact) mass is 477 g/mol. The molecule has 1 heterocycles. The van der Waals surface area contributed by atoms with Gasteiger partial charge in [-0.25, -0.2) is 0 Å². The van der Waals surface area contributed by atoms with Gasteiger partial charge in [-0.2, -0.15) is 18.3 Å². The van der Waals surface area contributed by atoms with Gasteiger partial charge in [0.2, 0.25) is 5.91 Å². The highest BCUT2D eigenvalue weighted by Crippen LogP contribution is 2.32. The molecule has 0 aliphatic heterocycles. The number of anilines is 1. The van der Waals surface area contributed by atoms with E-state index in [-0.39, 0.29) is 5.91 Å². The van der Waals surface area contributed by atoms with E-state index in [0.29, 0.717) is 29.2 Å². The first-order chi connectivity index (χ1) is 16.8. The van der Waals surface area contributed by atoms with Gasteiger partial charge in [0, 0.05) is 11.5 Å². The van der Waals surface area contributed by atoms with E-state index in [1.54, 1.807) is 42.6 Å². The summed E-state index contributed by atoms with van der Waals surface area (Å²) in [6, 6.07) is 17.6. The van der Waals surface area contributed by atoms with Crippen LogP contribution in [-0.4, -0.2) is 22.7 Å². The van der Waals surface area contributed by atoms with Crippen molar-refractivity contribution in [2.24, 2.45) is 0 Å². The lowest BCUT2D eigenvalue weighted by molar-refractivity contribution is -0.137. The standard InChI is InChI=1S/C27H22F3N3O2/c1-2-35-21-15-11-19(12-16-21)22(18-9-13-20(14-10-18)27(28,29)30)5-3-8-26(34)32-24-6-4-7-25-23(24)17-31-33-25/h3-17H,2H2,1H3,(H,31,33)(H,32,34)/b8-3+,22-5+. The van der Waals surface area contributed by atoms with Crippen LogP contribution in [0.3, 0.4) is 0 Å². The molecule has 0 atom stereocenters. The number of nitrogens with one attached hydrogen (secondary N) is 2. The van der Waals surface area contributed by atoms with Crippen LogP contribution in [0.2, 0.25) is 0 Å². The van der Waals surface area contributed by atoms with Gasteiger partial charge in [-0.1, -0.05) is 42.5 Å². The second-order valence-corrected chi connectivity index (χ2v) is 7.60. The predicted molar refractivity (Wildman–Crippen MR) is 130 cm³/mol. The Morgan fingerprint density at radius 2 is 1.71 bits per heavy atom. The molecule has 4 aromatic rings. The molecule has 4 rings (SSSR count). The van der Waals surface area contributed by atoms with Crippen molar-refractivity contribution >= 4 is 28.1 Å². The van der Waals surface area contributed by atoms with E-state index in [1.807, 2.05) is 25.1 Å². The summed E-state index contributed by atoms with van der Waals surface area (Å²) in [4.78, 5) is 12.5. The zero-order valence-electron chi connectivity index (χ0n) is 18.8. The summed E-state index contributed by atoms with van der Waals surface area (Å²) < 4.78 is 44.5. The van der Waals surface area contributed by atoms with Crippen molar-refractivity contribution < 1.29 is 22.7 Å². The zero-order chi connectivity index (χ0) is 24.8. The number of benzene rings is 3. The summed E-state index contributed by atoms with van der Waals surface area (Å²) in [7, 11) is 0. The first kappa shape index (κ1) is 23.8. The Hall–Kier alpha value is -4.33. The van der Waals surface area contributed by atoms with E-state index < -0.39 is 11.7 Å². The van der Waals surface area contributed by atoms with E-state index >= 15 is 0 Å². The molecule has 0 radical (unpaired) electrons. The van der Waals surface area contributed by atoms with Crippen LogP contribution in [0.1, 0.15) is 23.6 Å². The number of allylic oxidation sites excluding steroid dienone is 2. The van der Waals surface area contributed by atoms with Crippen molar-refractivity contribution in [2.45, 2.75) is 13.1 Å². The number of alkyl halides is 3. The normalized spacial score (nSPS) is 12.3. The number of amides is 1. The summed E-state index contributed by atoms with van der Waals surface area (Å²) in [6.45, 7) is 2.40. The average molecular weight is 477 g/mol. The van der Waals surface area contributed by atoms with Crippen LogP contribution < -0.4 is 10.1 Å². The molecule has 0 aliphatic rings. The fourth-order valence-corrected chi connectivity index (χ4v) is 3.58. The Kier molecular flexibility index (Phi) is 7.01. The van der Waals surface area contributed by atoms with Gasteiger partial charge in [-0.15, -0.1) is 0 Å². The number of ether oxygens (including phenoxy) is 1. The van der Waals surface area contributed by atoms with Crippen LogP contribution in [0.5, 0.6) is 5.75 Å². The van der Waals surface area contributed by atoms with Crippen LogP contribution >= 0.6 is 0 Å². The number of carbonyl (C=O) groups is 1. The third-order valence-electron chi connectivity index (χ3n) is 5.25. The molecular formula is C27H22F3N3O2. The molecule has 35 heavy (non-hydrogen) atoms. The summed E-state index contributed by atoms with van der Waals surface area (Å²) in [5.41, 5.74) is 2.69. The maximum Gasteiger partial charge on any atom is 0.416 e. The van der Waals surface area contributed by atoms with Gasteiger partial charge >= 0.3 is 6.18 Å². The van der Waals surface area contributed by atoms with Gasteiger partial charge in [0.15, 0.2) is 0 Å². The van der Waals surface area contributed by atoms with Crippen molar-refractivity contribution in [1.82, 2.24) is 10.2 Å². The van der Waals surface area contributed by atoms with Gasteiger partial charge in [0.1, 0.15) is 5.75 Å². The highest BCUT2D eigenvalue weighted by molar-refractivity contribution is 6.05. The summed E-state index contributed by atoms with van der Waals surface area (Å²) in [5.74, 6) is 0.333. The lowest BCUT2D eigenvalue weighted by Crippen LogP contribution is -2.07. The second-order valence-electron chi connectivity index (χ2n) is 7.60. The molecule has 0 saturated heterocycles. The quantitative estimate of drug-likeness (QED) is 0.233. The van der Waals surface area contributed by atoms with Crippen LogP contribution in [0.25, 0.3) is 16.5 Å². The molecule has 2 N–H and O–H groups in total. The first-order valence-electron chi connectivity index (χ1n) is 10.9. The number of carbonyl (C=O) groups excluding carboxylic acids is 1. The van der Waals surface area contributed by atoms with Gasteiger partial charge in [0.25, 0.3) is 0 Å². The van der Waals surface area contributed by atoms with Gasteiger partial charge in [0.05, 0.1) is 29.6 Å². The topological polar surface area (TPSA) is 67.0 Å². The van der Waals surface area contributed by atoms with Crippen molar-refractivity contribution in [3.63, 3.8) is 0 Å². The maximum atomic E-state index is 13.0. The Balaban J connectivity index is 1.60. The number of hydrogen-bond acceptors (Lipinski definition) is 3. The summed E-state index contributed by atoms with van der Waals surface area (Å²) >= 11 is 0. The van der Waals surface area contributed by atoms with E-state index in [4.69, 9.17) is 4.74 Å². The van der Waals surface area contributed by atoms with Crippen LogP contribution in [0, 0.1) is 0 Å². The fraction of sp³-hybridized carbons (Fsp3) is 0.111. The van der Waals surface area contributed by atoms with E-state index in [9.17, 15) is 18.0 Å². The molecule has 0 aliphatic carbocycles. The third-order valence-corrected chi connectivity index (χ3v) is 5.25. The summed E-state index contributed by atoms with van der Waals surface area (Å²) in [6.07, 6.45) is 1.82. The van der Waals surface area contributed by atoms with Crippen molar-refractivity contribution in [3.8, 4) is 5.75 Å². The number of aromatic amines is 1. The van der Waals surface area contributed by atoms with E-state index in [2.05, 4.69) is 15.5 Å². The highest BCUT2D eigenvalue weighted by atomic mass is 19.4. The number of aromatic nitrogens is 2. The molecule has 0 unspecified atom stereocenters. The largest absolute Gasteiger partial charge is 0.494 e. The molecule has 1 aromatic heterocycles. The number of hydrogen-bond donors (Lipinski definition) is 2. The number of rotatable bonds is 7. The minimum absolute atomic E-state index is 0.353. The van der Waals surface area contributed by atoms with Crippen molar-refractivity contribution in [3.05, 3.63) is 108 Å². The number of nitrogens with zero attached hydrogens (tertiary/aromatic N) is 1. The molecule has 1 amide bonds. The molecule has 0 spiro atoms. The Labute approximate surface area is 199 Å². The van der Waals surface area contributed by atoms with Crippen molar-refractivity contribution in [2.75, 3.05) is 11.9 Å². The van der Waals surface area contributed by atoms with E-state index in [1.165, 1.54) is 18.2 Å². The minimum atomic E-state index is -4.42. The van der Waals surface area contributed by atoms with Crippen LogP contribution in [0.4, 0.5) is 18.9 Å². The molecule has 0 saturated carbocycles. The molecule has 3 aromatic carbocycles. The Bertz CT molecular complexity index is 1370. The Morgan fingerprint density at radius 3 is 2.37 bits per heavy atom. The van der Waals surface area contributed by atoms with Gasteiger partial charge < -0.3 is 10.1 Å². The molecule has 0 fully saturated rings. The lowest BCUT2D eigenvalue weighted by Gasteiger charge is -2.12. The van der Waals surface area contributed by atoms with Crippen LogP contribution in [0.15, 0.2) is 91.2 Å². The van der Waals surface area contributed by atoms with Crippen molar-refractivity contribution in [1.29, 1.82) is 0 Å². The highest BCUT2D eigenvalue weighted by Gasteiger charge is 2.30. The number of fused-ring (bicyclic) bond motifs is 1. The molecule has 5 nitrogen and oxygen atoms in total. The number of H-pyrrole nitrogens is 1. The lowest BCUT2D eigenvalue weighted by atomic mass is 9.96. The summed E-state index contributed by atoms with van der Waals surface area (Å²) in [5, 5.41) is 10.4. The van der Waals surface area contributed by atoms with Gasteiger partial charge in [-0.05, 0) is 60.0 Å². The maximum absolute atomic E-state index is 13.0. The fourth-order valence-electron chi connectivity index (χ4n) is 3.58. The Morgan fingerprint density at radius 1 is 1.03 bits per heavy atom. The van der Waals surface area contributed by atoms with Crippen LogP contribution in [-0.2, 0) is 11.0 Å². The second kappa shape index (κ2) is 10.3.